The Balaban J connectivity index is 1.89. The predicted molar refractivity (Wildman–Crippen MR) is 47.3 cm³/mol. The molecule has 2 saturated carbocycles. The molecule has 2 fully saturated rings. The van der Waals surface area contributed by atoms with Crippen LogP contribution >= 0.6 is 0 Å². The molecule has 2 N–H and O–H groups in total. The Labute approximate surface area is 69.4 Å². The largest absolute Gasteiger partial charge is 0.327 e. The molecule has 11 heavy (non-hydrogen) atoms. The highest BCUT2D eigenvalue weighted by Gasteiger charge is 2.50. The third kappa shape index (κ3) is 1.44. The molecule has 64 valence electrons. The van der Waals surface area contributed by atoms with Crippen molar-refractivity contribution in [2.24, 2.45) is 11.1 Å². The molecule has 0 bridgehead atoms. The first-order valence-corrected chi connectivity index (χ1v) is 5.09. The molecule has 2 aliphatic carbocycles. The molecule has 0 saturated heterocycles. The molecule has 1 nitrogen and oxygen atoms in total. The zero-order valence-corrected chi connectivity index (χ0v) is 7.31. The number of hydrogen-bond donors (Lipinski definition) is 1. The van der Waals surface area contributed by atoms with Crippen molar-refractivity contribution >= 4 is 0 Å². The maximum Gasteiger partial charge on any atom is 0.0102 e. The maximum absolute atomic E-state index is 5.95. The second kappa shape index (κ2) is 2.78. The van der Waals surface area contributed by atoms with Crippen LogP contribution in [0.25, 0.3) is 0 Å². The van der Waals surface area contributed by atoms with Crippen molar-refractivity contribution in [2.45, 2.75) is 57.4 Å². The standard InChI is InChI=1S/C10H19N/c11-9-8-10(9)6-4-2-1-3-5-7-10/h9H,1-8,11H2. The quantitative estimate of drug-likeness (QED) is 0.568. The highest BCUT2D eigenvalue weighted by molar-refractivity contribution is 5.05. The van der Waals surface area contributed by atoms with Crippen LogP contribution in [-0.2, 0) is 0 Å². The summed E-state index contributed by atoms with van der Waals surface area (Å²) in [6.45, 7) is 0. The zero-order valence-electron chi connectivity index (χ0n) is 7.31. The zero-order chi connectivity index (χ0) is 7.73. The Hall–Kier alpha value is -0.0400. The summed E-state index contributed by atoms with van der Waals surface area (Å²) >= 11 is 0. The van der Waals surface area contributed by atoms with E-state index in [1.165, 1.54) is 51.4 Å². The van der Waals surface area contributed by atoms with Gasteiger partial charge in [0, 0.05) is 6.04 Å². The summed E-state index contributed by atoms with van der Waals surface area (Å²) in [6, 6.07) is 0.570. The maximum atomic E-state index is 5.95. The fourth-order valence-corrected chi connectivity index (χ4v) is 2.56. The predicted octanol–water partition coefficient (Wildman–Crippen LogP) is 2.45. The third-order valence-corrected chi connectivity index (χ3v) is 3.60. The lowest BCUT2D eigenvalue weighted by atomic mass is 9.88. The fourth-order valence-electron chi connectivity index (χ4n) is 2.56. The first-order valence-electron chi connectivity index (χ1n) is 5.09. The van der Waals surface area contributed by atoms with E-state index in [4.69, 9.17) is 5.73 Å². The molecular formula is C10H19N. The molecule has 0 radical (unpaired) electrons. The lowest BCUT2D eigenvalue weighted by Crippen LogP contribution is -2.15. The first-order chi connectivity index (χ1) is 5.33. The molecule has 2 aliphatic rings. The Morgan fingerprint density at radius 2 is 1.36 bits per heavy atom. The van der Waals surface area contributed by atoms with Crippen LogP contribution in [0, 0.1) is 5.41 Å². The van der Waals surface area contributed by atoms with Crippen molar-refractivity contribution in [3.63, 3.8) is 0 Å². The van der Waals surface area contributed by atoms with Crippen LogP contribution in [0.4, 0.5) is 0 Å². The van der Waals surface area contributed by atoms with Crippen molar-refractivity contribution in [1.29, 1.82) is 0 Å². The second-order valence-corrected chi connectivity index (χ2v) is 4.44. The van der Waals surface area contributed by atoms with Gasteiger partial charge in [-0.15, -0.1) is 0 Å². The average molecular weight is 153 g/mol. The average Bonchev–Trinajstić information content (AvgIpc) is 2.55. The molecule has 1 spiro atoms. The van der Waals surface area contributed by atoms with Crippen LogP contribution in [0.15, 0.2) is 0 Å². The smallest absolute Gasteiger partial charge is 0.0102 e. The number of rotatable bonds is 0. The van der Waals surface area contributed by atoms with Gasteiger partial charge in [0.2, 0.25) is 0 Å². The topological polar surface area (TPSA) is 26.0 Å². The summed E-state index contributed by atoms with van der Waals surface area (Å²) in [4.78, 5) is 0. The van der Waals surface area contributed by atoms with Crippen molar-refractivity contribution in [3.05, 3.63) is 0 Å². The summed E-state index contributed by atoms with van der Waals surface area (Å²) in [5, 5.41) is 0. The van der Waals surface area contributed by atoms with E-state index in [1.54, 1.807) is 0 Å². The van der Waals surface area contributed by atoms with Gasteiger partial charge in [0.05, 0.1) is 0 Å². The van der Waals surface area contributed by atoms with Gasteiger partial charge in [-0.3, -0.25) is 0 Å². The number of hydrogen-bond acceptors (Lipinski definition) is 1. The highest BCUT2D eigenvalue weighted by atomic mass is 14.8. The fraction of sp³-hybridized carbons (Fsp3) is 1.00. The summed E-state index contributed by atoms with van der Waals surface area (Å²) in [5.41, 5.74) is 6.59. The minimum Gasteiger partial charge on any atom is -0.327 e. The van der Waals surface area contributed by atoms with Crippen LogP contribution < -0.4 is 5.73 Å². The van der Waals surface area contributed by atoms with E-state index in [1.807, 2.05) is 0 Å². The lowest BCUT2D eigenvalue weighted by Gasteiger charge is -2.18. The molecule has 0 aromatic rings. The van der Waals surface area contributed by atoms with Gasteiger partial charge in [0.15, 0.2) is 0 Å². The number of nitrogens with two attached hydrogens (primary N) is 1. The highest BCUT2D eigenvalue weighted by Crippen LogP contribution is 2.53. The van der Waals surface area contributed by atoms with Gasteiger partial charge in [0.25, 0.3) is 0 Å². The molecule has 0 aromatic heterocycles. The van der Waals surface area contributed by atoms with Crippen molar-refractivity contribution in [2.75, 3.05) is 0 Å². The Morgan fingerprint density at radius 3 is 1.82 bits per heavy atom. The van der Waals surface area contributed by atoms with Crippen molar-refractivity contribution in [3.8, 4) is 0 Å². The van der Waals surface area contributed by atoms with Gasteiger partial charge in [0.1, 0.15) is 0 Å². The van der Waals surface area contributed by atoms with E-state index in [0.717, 1.165) is 0 Å². The van der Waals surface area contributed by atoms with Crippen molar-refractivity contribution in [1.82, 2.24) is 0 Å². The Bertz CT molecular complexity index is 134. The second-order valence-electron chi connectivity index (χ2n) is 4.44. The molecule has 1 atom stereocenters. The molecule has 0 aromatic carbocycles. The molecule has 1 heteroatoms. The Morgan fingerprint density at radius 1 is 0.909 bits per heavy atom. The molecule has 0 heterocycles. The van der Waals surface area contributed by atoms with Crippen LogP contribution in [-0.4, -0.2) is 6.04 Å². The first kappa shape index (κ1) is 7.60. The van der Waals surface area contributed by atoms with Crippen LogP contribution in [0.5, 0.6) is 0 Å². The third-order valence-electron chi connectivity index (χ3n) is 3.60. The van der Waals surface area contributed by atoms with E-state index in [-0.39, 0.29) is 0 Å². The molecule has 1 unspecified atom stereocenters. The van der Waals surface area contributed by atoms with E-state index < -0.39 is 0 Å². The van der Waals surface area contributed by atoms with Gasteiger partial charge in [-0.2, -0.15) is 0 Å². The summed E-state index contributed by atoms with van der Waals surface area (Å²) in [5.74, 6) is 0. The summed E-state index contributed by atoms with van der Waals surface area (Å²) in [7, 11) is 0. The van der Waals surface area contributed by atoms with E-state index in [0.29, 0.717) is 11.5 Å². The van der Waals surface area contributed by atoms with Crippen LogP contribution in [0.1, 0.15) is 51.4 Å². The van der Waals surface area contributed by atoms with E-state index >= 15 is 0 Å². The lowest BCUT2D eigenvalue weighted by molar-refractivity contribution is 0.348. The van der Waals surface area contributed by atoms with E-state index in [9.17, 15) is 0 Å². The summed E-state index contributed by atoms with van der Waals surface area (Å²) < 4.78 is 0. The minimum atomic E-state index is 0.570. The normalized spacial score (nSPS) is 36.3. The van der Waals surface area contributed by atoms with E-state index in [2.05, 4.69) is 0 Å². The van der Waals surface area contributed by atoms with Crippen LogP contribution in [0.2, 0.25) is 0 Å². The molecular weight excluding hydrogens is 134 g/mol. The van der Waals surface area contributed by atoms with Gasteiger partial charge >= 0.3 is 0 Å². The molecule has 0 aliphatic heterocycles. The summed E-state index contributed by atoms with van der Waals surface area (Å²) in [6.07, 6.45) is 11.4. The SMILES string of the molecule is NC1CC12CCCCCCC2. The van der Waals surface area contributed by atoms with Gasteiger partial charge < -0.3 is 5.73 Å². The molecule has 2 rings (SSSR count). The van der Waals surface area contributed by atoms with Gasteiger partial charge in [-0.25, -0.2) is 0 Å². The van der Waals surface area contributed by atoms with Gasteiger partial charge in [-0.05, 0) is 24.7 Å². The van der Waals surface area contributed by atoms with Crippen LogP contribution in [0.3, 0.4) is 0 Å². The minimum absolute atomic E-state index is 0.570. The Kier molecular flexibility index (Phi) is 1.92. The monoisotopic (exact) mass is 153 g/mol. The van der Waals surface area contributed by atoms with Crippen molar-refractivity contribution < 1.29 is 0 Å². The van der Waals surface area contributed by atoms with Gasteiger partial charge in [-0.1, -0.05) is 32.1 Å². The molecule has 0 amide bonds.